The third-order valence-electron chi connectivity index (χ3n) is 8.86. The van der Waals surface area contributed by atoms with Crippen LogP contribution in [-0.2, 0) is 33.5 Å². The molecule has 16 nitrogen and oxygen atoms in total. The number of primary amides is 1. The van der Waals surface area contributed by atoms with Gasteiger partial charge in [-0.2, -0.15) is 0 Å². The lowest BCUT2D eigenvalue weighted by atomic mass is 9.88. The summed E-state index contributed by atoms with van der Waals surface area (Å²) in [7, 11) is 0. The second kappa shape index (κ2) is 21.0. The summed E-state index contributed by atoms with van der Waals surface area (Å²) >= 11 is 0. The van der Waals surface area contributed by atoms with Crippen molar-refractivity contribution in [3.63, 3.8) is 0 Å². The highest BCUT2D eigenvalue weighted by Gasteiger charge is 2.48. The fourth-order valence-corrected chi connectivity index (χ4v) is 6.65. The summed E-state index contributed by atoms with van der Waals surface area (Å²) in [5.41, 5.74) is 9.71. The number of carbonyl (C=O) groups is 6. The number of aliphatic carboxylic acids is 2. The predicted octanol–water partition coefficient (Wildman–Crippen LogP) is -1.64. The van der Waals surface area contributed by atoms with Gasteiger partial charge in [0.05, 0.1) is 39.0 Å². The summed E-state index contributed by atoms with van der Waals surface area (Å²) in [6, 6.07) is -0.862. The Morgan fingerprint density at radius 1 is 0.978 bits per heavy atom. The molecule has 0 bridgehead atoms. The molecule has 1 aliphatic carbocycles. The first-order valence-corrected chi connectivity index (χ1v) is 16.2. The van der Waals surface area contributed by atoms with Crippen molar-refractivity contribution in [3.8, 4) is 0 Å². The maximum Gasteiger partial charge on any atom is 0.317 e. The van der Waals surface area contributed by atoms with Gasteiger partial charge in [-0.15, -0.1) is 0 Å². The quantitative estimate of drug-likeness (QED) is 0.0388. The van der Waals surface area contributed by atoms with Crippen molar-refractivity contribution in [1.82, 2.24) is 25.3 Å². The summed E-state index contributed by atoms with van der Waals surface area (Å²) in [4.78, 5) is 76.4. The van der Waals surface area contributed by atoms with Gasteiger partial charge in [-0.1, -0.05) is 19.3 Å². The third-order valence-corrected chi connectivity index (χ3v) is 8.86. The number of carbonyl (C=O) groups excluding carboxylic acids is 4. The van der Waals surface area contributed by atoms with Crippen molar-refractivity contribution in [2.45, 2.75) is 87.9 Å². The lowest BCUT2D eigenvalue weighted by Crippen LogP contribution is -2.62. The van der Waals surface area contributed by atoms with Gasteiger partial charge in [0.1, 0.15) is 12.6 Å². The van der Waals surface area contributed by atoms with Gasteiger partial charge in [0.25, 0.3) is 0 Å². The highest BCUT2D eigenvalue weighted by molar-refractivity contribution is 5.79. The Labute approximate surface area is 270 Å². The summed E-state index contributed by atoms with van der Waals surface area (Å²) in [5, 5.41) is 25.5. The number of fused-ring (bicyclic) bond motifs is 1. The average Bonchev–Trinajstić information content (AvgIpc) is 3.12. The molecule has 1 saturated heterocycles. The molecule has 2 unspecified atom stereocenters. The molecule has 2 amide bonds. The molecule has 0 spiro atoms. The van der Waals surface area contributed by atoms with Crippen molar-refractivity contribution in [2.75, 3.05) is 65.7 Å². The Hall–Kier alpha value is -3.02. The molecule has 262 valence electrons. The van der Waals surface area contributed by atoms with Gasteiger partial charge in [-0.3, -0.25) is 39.2 Å². The summed E-state index contributed by atoms with van der Waals surface area (Å²) < 4.78 is 5.53. The van der Waals surface area contributed by atoms with Gasteiger partial charge < -0.3 is 41.3 Å². The standard InChI is InChI=1S/C30H53N7O9/c31-23(29(32)45)6-3-4-11-33-22-46-17-5-9-26(40)34-12-10-30(37(14-16-39)19-28(43)44)20-35(13-15-38)24-7-1-2-8-25(24)36(21-30)18-27(41)42/h15-16,23-25,33H,1-14,17-22,31H2,(H2,32,45)(H,34,40)(H,41,42)(H,43,44)/t23-,24?,25-,30?/m0/s1. The Balaban J connectivity index is 1.99. The van der Waals surface area contributed by atoms with Crippen molar-refractivity contribution in [2.24, 2.45) is 11.5 Å². The highest BCUT2D eigenvalue weighted by Crippen LogP contribution is 2.35. The van der Waals surface area contributed by atoms with Gasteiger partial charge >= 0.3 is 11.9 Å². The minimum atomic E-state index is -1.14. The first kappa shape index (κ1) is 39.2. The smallest absolute Gasteiger partial charge is 0.317 e. The molecule has 1 aliphatic heterocycles. The van der Waals surface area contributed by atoms with Crippen LogP contribution in [0.2, 0.25) is 0 Å². The summed E-state index contributed by atoms with van der Waals surface area (Å²) in [5.74, 6) is -2.88. The number of ether oxygens (including phenoxy) is 1. The number of hydrogen-bond acceptors (Lipinski definition) is 12. The fourth-order valence-electron chi connectivity index (χ4n) is 6.65. The molecule has 2 rings (SSSR count). The number of carboxylic acids is 2. The van der Waals surface area contributed by atoms with Crippen LogP contribution in [-0.4, -0.2) is 151 Å². The molecule has 2 aliphatic rings. The van der Waals surface area contributed by atoms with Gasteiger partial charge in [0.15, 0.2) is 0 Å². The molecule has 2 fully saturated rings. The molecule has 1 saturated carbocycles. The van der Waals surface area contributed by atoms with Crippen LogP contribution in [0.5, 0.6) is 0 Å². The van der Waals surface area contributed by atoms with E-state index in [0.717, 1.165) is 44.8 Å². The maximum absolute atomic E-state index is 12.7. The Bertz CT molecular complexity index is 1000. The zero-order valence-electron chi connectivity index (χ0n) is 26.8. The molecule has 8 N–H and O–H groups in total. The molecule has 0 aromatic rings. The molecule has 16 heteroatoms. The molecular formula is C30H53N7O9. The highest BCUT2D eigenvalue weighted by atomic mass is 16.5. The minimum Gasteiger partial charge on any atom is -0.480 e. The van der Waals surface area contributed by atoms with E-state index in [1.165, 1.54) is 0 Å². The molecule has 0 aromatic heterocycles. The van der Waals surface area contributed by atoms with Crippen LogP contribution in [0.4, 0.5) is 0 Å². The zero-order chi connectivity index (χ0) is 34.0. The SMILES string of the molecule is NC(=O)[C@@H](N)CCCCNCOCCCC(=O)NCCC1(N(CC=O)CC(=O)O)CN(CC=O)C2CCCC[C@@H]2N(CC(=O)O)C1. The van der Waals surface area contributed by atoms with E-state index >= 15 is 0 Å². The number of unbranched alkanes of at least 4 members (excludes halogenated alkanes) is 1. The topological polar surface area (TPSA) is 238 Å². The number of amides is 2. The number of nitrogens with one attached hydrogen (secondary N) is 2. The van der Waals surface area contributed by atoms with Crippen LogP contribution in [0, 0.1) is 0 Å². The van der Waals surface area contributed by atoms with E-state index in [1.54, 1.807) is 4.90 Å². The van der Waals surface area contributed by atoms with Crippen LogP contribution in [0.1, 0.15) is 64.2 Å². The third kappa shape index (κ3) is 13.4. The molecule has 0 aromatic carbocycles. The van der Waals surface area contributed by atoms with Gasteiger partial charge in [0.2, 0.25) is 11.8 Å². The number of aldehydes is 2. The molecule has 4 atom stereocenters. The predicted molar refractivity (Wildman–Crippen MR) is 168 cm³/mol. The number of nitrogens with two attached hydrogens (primary N) is 2. The second-order valence-electron chi connectivity index (χ2n) is 12.2. The lowest BCUT2D eigenvalue weighted by Gasteiger charge is -2.45. The molecule has 46 heavy (non-hydrogen) atoms. The normalized spacial score (nSPS) is 22.8. The van der Waals surface area contributed by atoms with E-state index in [-0.39, 0.29) is 70.1 Å². The van der Waals surface area contributed by atoms with Crippen LogP contribution in [0.15, 0.2) is 0 Å². The van der Waals surface area contributed by atoms with Crippen LogP contribution in [0.25, 0.3) is 0 Å². The van der Waals surface area contributed by atoms with E-state index in [2.05, 4.69) is 10.6 Å². The van der Waals surface area contributed by atoms with Crippen molar-refractivity contribution in [1.29, 1.82) is 0 Å². The second-order valence-corrected chi connectivity index (χ2v) is 12.2. The average molecular weight is 656 g/mol. The van der Waals surface area contributed by atoms with Gasteiger partial charge in [-0.05, 0) is 45.1 Å². The fraction of sp³-hybridized carbons (Fsp3) is 0.800. The van der Waals surface area contributed by atoms with E-state index in [4.69, 9.17) is 16.2 Å². The van der Waals surface area contributed by atoms with Gasteiger partial charge in [0, 0.05) is 50.3 Å². The van der Waals surface area contributed by atoms with Crippen molar-refractivity contribution >= 4 is 36.3 Å². The van der Waals surface area contributed by atoms with E-state index in [1.807, 2.05) is 9.80 Å². The van der Waals surface area contributed by atoms with Crippen LogP contribution in [0.3, 0.4) is 0 Å². The lowest BCUT2D eigenvalue weighted by molar-refractivity contribution is -0.143. The number of nitrogens with zero attached hydrogens (tertiary/aromatic N) is 3. The Morgan fingerprint density at radius 2 is 1.67 bits per heavy atom. The zero-order valence-corrected chi connectivity index (χ0v) is 26.8. The van der Waals surface area contributed by atoms with Crippen molar-refractivity contribution < 1.29 is 43.7 Å². The van der Waals surface area contributed by atoms with Gasteiger partial charge in [-0.25, -0.2) is 0 Å². The Morgan fingerprint density at radius 3 is 2.30 bits per heavy atom. The van der Waals surface area contributed by atoms with E-state index in [9.17, 15) is 39.0 Å². The van der Waals surface area contributed by atoms with Crippen LogP contribution >= 0.6 is 0 Å². The van der Waals surface area contributed by atoms with E-state index in [0.29, 0.717) is 39.0 Å². The first-order valence-electron chi connectivity index (χ1n) is 16.2. The maximum atomic E-state index is 12.7. The van der Waals surface area contributed by atoms with Crippen molar-refractivity contribution in [3.05, 3.63) is 0 Å². The number of carboxylic acid groups (broad SMARTS) is 2. The Kier molecular flexibility index (Phi) is 17.9. The molecule has 0 radical (unpaired) electrons. The number of rotatable bonds is 24. The largest absolute Gasteiger partial charge is 0.480 e. The molecular weight excluding hydrogens is 602 g/mol. The molecule has 1 heterocycles. The van der Waals surface area contributed by atoms with Crippen LogP contribution < -0.4 is 22.1 Å². The summed E-state index contributed by atoms with van der Waals surface area (Å²) in [6.07, 6.45) is 7.82. The van der Waals surface area contributed by atoms with E-state index < -0.39 is 36.0 Å². The monoisotopic (exact) mass is 655 g/mol. The summed E-state index contributed by atoms with van der Waals surface area (Å²) in [6.45, 7) is 1.13. The first-order chi connectivity index (χ1) is 22.0. The number of hydrogen-bond donors (Lipinski definition) is 6. The minimum absolute atomic E-state index is 0.0905.